The molecule has 0 radical (unpaired) electrons. The number of nitrogens with one attached hydrogen (secondary N) is 1. The van der Waals surface area contributed by atoms with E-state index < -0.39 is 17.7 Å². The summed E-state index contributed by atoms with van der Waals surface area (Å²) < 4.78 is 28.9. The highest BCUT2D eigenvalue weighted by Crippen LogP contribution is 2.34. The van der Waals surface area contributed by atoms with Crippen LogP contribution in [0.1, 0.15) is 24.1 Å². The molecule has 0 aliphatic heterocycles. The molecular weight excluding hydrogens is 356 g/mol. The quantitative estimate of drug-likeness (QED) is 0.576. The average molecular weight is 372 g/mol. The second kappa shape index (κ2) is 7.38. The maximum atomic E-state index is 14.4. The van der Waals surface area contributed by atoms with Crippen LogP contribution in [0.15, 0.2) is 45.8 Å². The van der Waals surface area contributed by atoms with E-state index in [1.165, 1.54) is 12.1 Å². The van der Waals surface area contributed by atoms with Gasteiger partial charge in [0.15, 0.2) is 0 Å². The molecule has 0 bridgehead atoms. The number of thioether (sulfide) groups is 1. The summed E-state index contributed by atoms with van der Waals surface area (Å²) in [6.45, 7) is 2.53. The van der Waals surface area contributed by atoms with Gasteiger partial charge in [-0.25, -0.2) is 8.78 Å². The van der Waals surface area contributed by atoms with E-state index in [2.05, 4.69) is 21.2 Å². The number of benzene rings is 2. The average Bonchev–Trinajstić information content (AvgIpc) is 2.50. The lowest BCUT2D eigenvalue weighted by Gasteiger charge is -2.22. The van der Waals surface area contributed by atoms with Crippen molar-refractivity contribution in [2.75, 3.05) is 12.8 Å². The van der Waals surface area contributed by atoms with E-state index in [1.54, 1.807) is 11.8 Å². The lowest BCUT2D eigenvalue weighted by Crippen LogP contribution is -2.25. The van der Waals surface area contributed by atoms with Crippen LogP contribution >= 0.6 is 27.7 Å². The van der Waals surface area contributed by atoms with Crippen LogP contribution in [0.5, 0.6) is 0 Å². The smallest absolute Gasteiger partial charge is 0.145 e. The van der Waals surface area contributed by atoms with E-state index in [0.29, 0.717) is 6.54 Å². The van der Waals surface area contributed by atoms with Crippen molar-refractivity contribution in [3.63, 3.8) is 0 Å². The third kappa shape index (κ3) is 3.47. The predicted octanol–water partition coefficient (Wildman–Crippen LogP) is 5.15. The third-order valence-electron chi connectivity index (χ3n) is 3.23. The second-order valence-electron chi connectivity index (χ2n) is 4.49. The van der Waals surface area contributed by atoms with Crippen molar-refractivity contribution in [3.8, 4) is 0 Å². The van der Waals surface area contributed by atoms with Gasteiger partial charge >= 0.3 is 0 Å². The summed E-state index contributed by atoms with van der Waals surface area (Å²) in [6, 6.07) is 9.82. The second-order valence-corrected chi connectivity index (χ2v) is 6.19. The van der Waals surface area contributed by atoms with Gasteiger partial charge in [0.2, 0.25) is 0 Å². The maximum absolute atomic E-state index is 14.4. The summed E-state index contributed by atoms with van der Waals surface area (Å²) >= 11 is 4.70. The molecule has 0 fully saturated rings. The molecular formula is C16H16BrF2NS. The Labute approximate surface area is 136 Å². The van der Waals surface area contributed by atoms with Gasteiger partial charge in [-0.1, -0.05) is 25.1 Å². The first-order chi connectivity index (χ1) is 10.1. The zero-order chi connectivity index (χ0) is 15.4. The number of rotatable bonds is 5. The molecule has 2 aromatic carbocycles. The first-order valence-corrected chi connectivity index (χ1v) is 8.61. The summed E-state index contributed by atoms with van der Waals surface area (Å²) in [5, 5.41) is 3.18. The highest BCUT2D eigenvalue weighted by Gasteiger charge is 2.24. The summed E-state index contributed by atoms with van der Waals surface area (Å²) in [5.41, 5.74) is 0.926. The van der Waals surface area contributed by atoms with E-state index in [0.717, 1.165) is 10.5 Å². The van der Waals surface area contributed by atoms with Crippen LogP contribution in [0.3, 0.4) is 0 Å². The number of hydrogen-bond donors (Lipinski definition) is 1. The van der Waals surface area contributed by atoms with Crippen molar-refractivity contribution in [2.24, 2.45) is 0 Å². The van der Waals surface area contributed by atoms with Gasteiger partial charge in [0.25, 0.3) is 0 Å². The zero-order valence-electron chi connectivity index (χ0n) is 11.8. The molecule has 0 heterocycles. The summed E-state index contributed by atoms with van der Waals surface area (Å²) in [4.78, 5) is 1.00. The molecule has 2 rings (SSSR count). The molecule has 112 valence electrons. The highest BCUT2D eigenvalue weighted by molar-refractivity contribution is 9.10. The Morgan fingerprint density at radius 3 is 2.57 bits per heavy atom. The molecule has 5 heteroatoms. The zero-order valence-corrected chi connectivity index (χ0v) is 14.2. The molecule has 0 aliphatic rings. The third-order valence-corrected chi connectivity index (χ3v) is 4.65. The monoisotopic (exact) mass is 371 g/mol. The lowest BCUT2D eigenvalue weighted by atomic mass is 9.97. The van der Waals surface area contributed by atoms with Crippen LogP contribution in [0.2, 0.25) is 0 Å². The van der Waals surface area contributed by atoms with Gasteiger partial charge in [0.05, 0.1) is 10.5 Å². The van der Waals surface area contributed by atoms with Crippen LogP contribution in [0, 0.1) is 11.6 Å². The minimum absolute atomic E-state index is 0.0488. The first kappa shape index (κ1) is 16.5. The molecule has 0 amide bonds. The Hall–Kier alpha value is -0.910. The van der Waals surface area contributed by atoms with Gasteiger partial charge in [-0.2, -0.15) is 0 Å². The Bertz CT molecular complexity index is 634. The number of hydrogen-bond acceptors (Lipinski definition) is 2. The van der Waals surface area contributed by atoms with E-state index in [-0.39, 0.29) is 10.0 Å². The van der Waals surface area contributed by atoms with Gasteiger partial charge in [0.1, 0.15) is 11.6 Å². The van der Waals surface area contributed by atoms with Crippen molar-refractivity contribution in [3.05, 3.63) is 63.6 Å². The van der Waals surface area contributed by atoms with Crippen molar-refractivity contribution in [1.29, 1.82) is 0 Å². The van der Waals surface area contributed by atoms with Crippen LogP contribution in [0.25, 0.3) is 0 Å². The molecule has 1 N–H and O–H groups in total. The molecule has 1 nitrogen and oxygen atoms in total. The summed E-state index contributed by atoms with van der Waals surface area (Å²) in [6.07, 6.45) is 1.95. The van der Waals surface area contributed by atoms with Gasteiger partial charge in [-0.15, -0.1) is 11.8 Å². The van der Waals surface area contributed by atoms with Crippen molar-refractivity contribution in [1.82, 2.24) is 5.32 Å². The standard InChI is InChI=1S/C16H16BrF2NS/c1-3-20-16(10-6-4-5-7-13(10)21-2)14-12(18)9-8-11(17)15(14)19/h4-9,16,20H,3H2,1-2H3. The molecule has 1 atom stereocenters. The first-order valence-electron chi connectivity index (χ1n) is 6.59. The van der Waals surface area contributed by atoms with Crippen LogP contribution in [-0.2, 0) is 0 Å². The van der Waals surface area contributed by atoms with Gasteiger partial charge in [0, 0.05) is 10.5 Å². The van der Waals surface area contributed by atoms with Crippen LogP contribution in [-0.4, -0.2) is 12.8 Å². The Kier molecular flexibility index (Phi) is 5.79. The fourth-order valence-corrected chi connectivity index (χ4v) is 3.27. The SMILES string of the molecule is CCNC(c1ccccc1SC)c1c(F)ccc(Br)c1F. The fraction of sp³-hybridized carbons (Fsp3) is 0.250. The Morgan fingerprint density at radius 1 is 1.19 bits per heavy atom. The molecule has 0 saturated carbocycles. The predicted molar refractivity (Wildman–Crippen MR) is 87.8 cm³/mol. The number of halogens is 3. The topological polar surface area (TPSA) is 12.0 Å². The molecule has 0 aliphatic carbocycles. The summed E-state index contributed by atoms with van der Waals surface area (Å²) in [5.74, 6) is -1.10. The molecule has 0 spiro atoms. The Balaban J connectivity index is 2.62. The lowest BCUT2D eigenvalue weighted by molar-refractivity contribution is 0.504. The van der Waals surface area contributed by atoms with Gasteiger partial charge in [-0.3, -0.25) is 0 Å². The van der Waals surface area contributed by atoms with E-state index in [4.69, 9.17) is 0 Å². The Morgan fingerprint density at radius 2 is 1.90 bits per heavy atom. The molecule has 1 unspecified atom stereocenters. The van der Waals surface area contributed by atoms with Gasteiger partial charge < -0.3 is 5.32 Å². The normalized spacial score (nSPS) is 12.4. The van der Waals surface area contributed by atoms with Crippen molar-refractivity contribution >= 4 is 27.7 Å². The molecule has 0 saturated heterocycles. The fourth-order valence-electron chi connectivity index (χ4n) is 2.28. The molecule has 21 heavy (non-hydrogen) atoms. The summed E-state index contributed by atoms with van der Waals surface area (Å²) in [7, 11) is 0. The van der Waals surface area contributed by atoms with Gasteiger partial charge in [-0.05, 0) is 52.5 Å². The van der Waals surface area contributed by atoms with E-state index >= 15 is 0 Å². The minimum atomic E-state index is -0.558. The molecule has 0 aromatic heterocycles. The van der Waals surface area contributed by atoms with Crippen LogP contribution < -0.4 is 5.32 Å². The van der Waals surface area contributed by atoms with E-state index in [1.807, 2.05) is 37.4 Å². The highest BCUT2D eigenvalue weighted by atomic mass is 79.9. The minimum Gasteiger partial charge on any atom is -0.306 e. The van der Waals surface area contributed by atoms with Crippen molar-refractivity contribution in [2.45, 2.75) is 17.9 Å². The van der Waals surface area contributed by atoms with Crippen molar-refractivity contribution < 1.29 is 8.78 Å². The maximum Gasteiger partial charge on any atom is 0.145 e. The molecule has 2 aromatic rings. The van der Waals surface area contributed by atoms with E-state index in [9.17, 15) is 8.78 Å². The largest absolute Gasteiger partial charge is 0.306 e. The van der Waals surface area contributed by atoms with Crippen LogP contribution in [0.4, 0.5) is 8.78 Å².